The molecule has 7 heteroatoms. The SMILES string of the molecule is CN(C)c1ccc(CN(C)S(=O)(=O)c2cc(Cl)ccc2Cl)cc1. The second-order valence-electron chi connectivity index (χ2n) is 5.40. The molecule has 0 saturated heterocycles. The molecular formula is C16H18Cl2N2O2S. The normalized spacial score (nSPS) is 11.7. The molecule has 0 aliphatic rings. The zero-order valence-corrected chi connectivity index (χ0v) is 15.5. The van der Waals surface area contributed by atoms with Crippen LogP contribution in [0.25, 0.3) is 0 Å². The van der Waals surface area contributed by atoms with Gasteiger partial charge in [-0.3, -0.25) is 0 Å². The third-order valence-electron chi connectivity index (χ3n) is 3.44. The van der Waals surface area contributed by atoms with Crippen LogP contribution in [0, 0.1) is 0 Å². The summed E-state index contributed by atoms with van der Waals surface area (Å²) in [5.41, 5.74) is 1.94. The van der Waals surface area contributed by atoms with Gasteiger partial charge in [0.2, 0.25) is 10.0 Å². The fourth-order valence-electron chi connectivity index (χ4n) is 2.08. The summed E-state index contributed by atoms with van der Waals surface area (Å²) in [5, 5.41) is 0.487. The lowest BCUT2D eigenvalue weighted by atomic mass is 10.2. The van der Waals surface area contributed by atoms with Gasteiger partial charge >= 0.3 is 0 Å². The average molecular weight is 373 g/mol. The number of rotatable bonds is 5. The van der Waals surface area contributed by atoms with Crippen molar-refractivity contribution in [2.75, 3.05) is 26.0 Å². The molecule has 0 unspecified atom stereocenters. The van der Waals surface area contributed by atoms with Crippen molar-refractivity contribution in [3.63, 3.8) is 0 Å². The summed E-state index contributed by atoms with van der Waals surface area (Å²) in [4.78, 5) is 2.00. The lowest BCUT2D eigenvalue weighted by Crippen LogP contribution is -2.26. The van der Waals surface area contributed by atoms with Crippen molar-refractivity contribution in [2.45, 2.75) is 11.4 Å². The molecule has 2 aromatic rings. The van der Waals surface area contributed by atoms with E-state index in [1.807, 2.05) is 43.3 Å². The van der Waals surface area contributed by atoms with Gasteiger partial charge in [-0.25, -0.2) is 8.42 Å². The number of hydrogen-bond donors (Lipinski definition) is 0. The quantitative estimate of drug-likeness (QED) is 0.799. The van der Waals surface area contributed by atoms with Crippen LogP contribution in [0.5, 0.6) is 0 Å². The zero-order valence-electron chi connectivity index (χ0n) is 13.1. The van der Waals surface area contributed by atoms with Crippen molar-refractivity contribution in [1.82, 2.24) is 4.31 Å². The maximum absolute atomic E-state index is 12.7. The highest BCUT2D eigenvalue weighted by atomic mass is 35.5. The summed E-state index contributed by atoms with van der Waals surface area (Å²) < 4.78 is 26.6. The van der Waals surface area contributed by atoms with E-state index in [-0.39, 0.29) is 16.5 Å². The first-order chi connectivity index (χ1) is 10.7. The van der Waals surface area contributed by atoms with Crippen LogP contribution in [0.4, 0.5) is 5.69 Å². The van der Waals surface area contributed by atoms with Crippen molar-refractivity contribution in [1.29, 1.82) is 0 Å². The number of hydrogen-bond acceptors (Lipinski definition) is 3. The maximum Gasteiger partial charge on any atom is 0.244 e. The Balaban J connectivity index is 2.25. The highest BCUT2D eigenvalue weighted by Gasteiger charge is 2.24. The lowest BCUT2D eigenvalue weighted by molar-refractivity contribution is 0.467. The molecule has 0 saturated carbocycles. The highest BCUT2D eigenvalue weighted by molar-refractivity contribution is 7.89. The van der Waals surface area contributed by atoms with E-state index in [2.05, 4.69) is 0 Å². The van der Waals surface area contributed by atoms with Gasteiger partial charge in [-0.05, 0) is 35.9 Å². The highest BCUT2D eigenvalue weighted by Crippen LogP contribution is 2.28. The van der Waals surface area contributed by atoms with Gasteiger partial charge in [0.1, 0.15) is 4.90 Å². The summed E-state index contributed by atoms with van der Waals surface area (Å²) in [6.07, 6.45) is 0. The molecule has 0 spiro atoms. The molecule has 0 atom stereocenters. The van der Waals surface area contributed by atoms with Crippen molar-refractivity contribution < 1.29 is 8.42 Å². The molecular weight excluding hydrogens is 355 g/mol. The van der Waals surface area contributed by atoms with Gasteiger partial charge in [0.25, 0.3) is 0 Å². The summed E-state index contributed by atoms with van der Waals surface area (Å²) in [6.45, 7) is 0.249. The van der Waals surface area contributed by atoms with Crippen LogP contribution in [0.15, 0.2) is 47.4 Å². The van der Waals surface area contributed by atoms with Crippen molar-refractivity contribution in [3.05, 3.63) is 58.1 Å². The fourth-order valence-corrected chi connectivity index (χ4v) is 3.98. The first-order valence-corrected chi connectivity index (χ1v) is 9.09. The Morgan fingerprint density at radius 3 is 2.13 bits per heavy atom. The Kier molecular flexibility index (Phi) is 5.57. The smallest absolute Gasteiger partial charge is 0.244 e. The minimum Gasteiger partial charge on any atom is -0.378 e. The van der Waals surface area contributed by atoms with E-state index in [1.165, 1.54) is 23.5 Å². The number of halogens is 2. The topological polar surface area (TPSA) is 40.6 Å². The number of nitrogens with zero attached hydrogens (tertiary/aromatic N) is 2. The van der Waals surface area contributed by atoms with Gasteiger partial charge < -0.3 is 4.90 Å². The molecule has 0 fully saturated rings. The molecule has 23 heavy (non-hydrogen) atoms. The fraction of sp³-hybridized carbons (Fsp3) is 0.250. The van der Waals surface area contributed by atoms with Gasteiger partial charge in [-0.1, -0.05) is 35.3 Å². The molecule has 4 nitrogen and oxygen atoms in total. The van der Waals surface area contributed by atoms with Gasteiger partial charge in [-0.2, -0.15) is 4.31 Å². The van der Waals surface area contributed by atoms with E-state index >= 15 is 0 Å². The summed E-state index contributed by atoms with van der Waals surface area (Å²) in [5.74, 6) is 0. The minimum atomic E-state index is -3.71. The third-order valence-corrected chi connectivity index (χ3v) is 5.96. The van der Waals surface area contributed by atoms with E-state index in [0.29, 0.717) is 5.02 Å². The second kappa shape index (κ2) is 7.09. The summed E-state index contributed by atoms with van der Waals surface area (Å²) in [7, 11) is 1.71. The number of benzene rings is 2. The van der Waals surface area contributed by atoms with Crippen molar-refractivity contribution in [2.24, 2.45) is 0 Å². The predicted octanol–water partition coefficient (Wildman–Crippen LogP) is 3.88. The van der Waals surface area contributed by atoms with E-state index in [4.69, 9.17) is 23.2 Å². The molecule has 0 N–H and O–H groups in total. The molecule has 0 aliphatic carbocycles. The molecule has 124 valence electrons. The zero-order chi connectivity index (χ0) is 17.2. The monoisotopic (exact) mass is 372 g/mol. The van der Waals surface area contributed by atoms with Gasteiger partial charge in [-0.15, -0.1) is 0 Å². The van der Waals surface area contributed by atoms with Crippen LogP contribution in [0.2, 0.25) is 10.0 Å². The second-order valence-corrected chi connectivity index (χ2v) is 8.25. The number of anilines is 1. The van der Waals surface area contributed by atoms with Gasteiger partial charge in [0.05, 0.1) is 5.02 Å². The molecule has 2 aromatic carbocycles. The standard InChI is InChI=1S/C16H18Cl2N2O2S/c1-19(2)14-7-4-12(5-8-14)11-20(3)23(21,22)16-10-13(17)6-9-15(16)18/h4-10H,11H2,1-3H3. The Hall–Kier alpha value is -1.27. The van der Waals surface area contributed by atoms with Crippen LogP contribution in [0.3, 0.4) is 0 Å². The molecule has 2 rings (SSSR count). The van der Waals surface area contributed by atoms with Crippen LogP contribution in [0.1, 0.15) is 5.56 Å². The van der Waals surface area contributed by atoms with Crippen LogP contribution < -0.4 is 4.90 Å². The Labute approximate surface area is 147 Å². The minimum absolute atomic E-state index is 0.0130. The lowest BCUT2D eigenvalue weighted by Gasteiger charge is -2.19. The molecule has 0 bridgehead atoms. The summed E-state index contributed by atoms with van der Waals surface area (Å²) in [6, 6.07) is 12.1. The van der Waals surface area contributed by atoms with Gasteiger partial charge in [0.15, 0.2) is 0 Å². The molecule has 0 aliphatic heterocycles. The van der Waals surface area contributed by atoms with Gasteiger partial charge in [0, 0.05) is 38.4 Å². The van der Waals surface area contributed by atoms with Crippen LogP contribution in [-0.2, 0) is 16.6 Å². The van der Waals surface area contributed by atoms with E-state index in [1.54, 1.807) is 6.07 Å². The Bertz CT molecular complexity index is 790. The molecule has 0 radical (unpaired) electrons. The van der Waals surface area contributed by atoms with E-state index < -0.39 is 10.0 Å². The van der Waals surface area contributed by atoms with Crippen LogP contribution in [-0.4, -0.2) is 33.9 Å². The maximum atomic E-state index is 12.7. The average Bonchev–Trinajstić information content (AvgIpc) is 2.50. The predicted molar refractivity (Wildman–Crippen MR) is 95.9 cm³/mol. The Morgan fingerprint density at radius 2 is 1.57 bits per heavy atom. The Morgan fingerprint density at radius 1 is 0.957 bits per heavy atom. The molecule has 0 amide bonds. The molecule has 0 heterocycles. The molecule has 0 aromatic heterocycles. The van der Waals surface area contributed by atoms with Crippen molar-refractivity contribution >= 4 is 38.9 Å². The van der Waals surface area contributed by atoms with Crippen LogP contribution >= 0.6 is 23.2 Å². The third kappa shape index (κ3) is 4.18. The van der Waals surface area contributed by atoms with Crippen molar-refractivity contribution in [3.8, 4) is 0 Å². The first-order valence-electron chi connectivity index (χ1n) is 6.89. The van der Waals surface area contributed by atoms with E-state index in [0.717, 1.165) is 11.3 Å². The summed E-state index contributed by atoms with van der Waals surface area (Å²) >= 11 is 11.9. The number of sulfonamides is 1. The first kappa shape index (κ1) is 18.1. The van der Waals surface area contributed by atoms with E-state index in [9.17, 15) is 8.42 Å². The largest absolute Gasteiger partial charge is 0.378 e.